The van der Waals surface area contributed by atoms with Crippen molar-refractivity contribution in [3.8, 4) is 0 Å². The van der Waals surface area contributed by atoms with E-state index in [4.69, 9.17) is 9.47 Å². The second-order valence-electron chi connectivity index (χ2n) is 4.37. The van der Waals surface area contributed by atoms with Crippen LogP contribution in [0.25, 0.3) is 0 Å². The molecule has 2 aliphatic rings. The molecular weight excluding hydrogens is 200 g/mol. The number of aliphatic carboxylic acids is 1. The Hall–Kier alpha value is -1.10. The van der Waals surface area contributed by atoms with Crippen LogP contribution in [0.15, 0.2) is 0 Å². The van der Waals surface area contributed by atoms with Crippen LogP contribution in [-0.4, -0.2) is 29.7 Å². The Balaban J connectivity index is 2.21. The van der Waals surface area contributed by atoms with Crippen molar-refractivity contribution in [2.24, 2.45) is 5.92 Å². The van der Waals surface area contributed by atoms with Crippen LogP contribution in [0.5, 0.6) is 0 Å². The van der Waals surface area contributed by atoms with Gasteiger partial charge in [0.15, 0.2) is 0 Å². The van der Waals surface area contributed by atoms with E-state index in [9.17, 15) is 14.7 Å². The first-order valence-corrected chi connectivity index (χ1v) is 5.00. The van der Waals surface area contributed by atoms with Crippen molar-refractivity contribution in [1.82, 2.24) is 0 Å². The van der Waals surface area contributed by atoms with Crippen LogP contribution in [-0.2, 0) is 19.1 Å². The summed E-state index contributed by atoms with van der Waals surface area (Å²) in [6.45, 7) is 3.57. The molecule has 0 spiro atoms. The fourth-order valence-electron chi connectivity index (χ4n) is 2.57. The van der Waals surface area contributed by atoms with Crippen LogP contribution in [0.4, 0.5) is 0 Å². The van der Waals surface area contributed by atoms with Gasteiger partial charge in [-0.25, -0.2) is 0 Å². The lowest BCUT2D eigenvalue weighted by Gasteiger charge is -2.28. The summed E-state index contributed by atoms with van der Waals surface area (Å²) in [4.78, 5) is 21.7. The minimum absolute atomic E-state index is 0.0469. The molecule has 0 N–H and O–H groups in total. The van der Waals surface area contributed by atoms with E-state index >= 15 is 0 Å². The quantitative estimate of drug-likeness (QED) is 0.563. The van der Waals surface area contributed by atoms with Gasteiger partial charge in [-0.2, -0.15) is 0 Å². The van der Waals surface area contributed by atoms with Gasteiger partial charge in [0.2, 0.25) is 0 Å². The number of fused-ring (bicyclic) bond motifs is 1. The lowest BCUT2D eigenvalue weighted by molar-refractivity contribution is -0.308. The molecule has 84 valence electrons. The normalized spacial score (nSPS) is 43.9. The number of rotatable bonds is 2. The Morgan fingerprint density at radius 2 is 2.33 bits per heavy atom. The molecule has 2 rings (SSSR count). The number of carboxylic acids is 1. The van der Waals surface area contributed by atoms with Crippen molar-refractivity contribution in [2.45, 2.75) is 44.5 Å². The molecule has 5 nitrogen and oxygen atoms in total. The molecule has 15 heavy (non-hydrogen) atoms. The highest BCUT2D eigenvalue weighted by Crippen LogP contribution is 2.46. The van der Waals surface area contributed by atoms with Gasteiger partial charge in [0.25, 0.3) is 0 Å². The average Bonchev–Trinajstić information content (AvgIpc) is 2.49. The molecule has 0 aliphatic carbocycles. The maximum atomic E-state index is 11.2. The average molecular weight is 213 g/mol. The zero-order chi connectivity index (χ0) is 11.2. The molecule has 0 aromatic heterocycles. The first-order valence-electron chi connectivity index (χ1n) is 5.00. The minimum Gasteiger partial charge on any atom is -0.550 e. The Labute approximate surface area is 87.4 Å². The van der Waals surface area contributed by atoms with Gasteiger partial charge in [0.1, 0.15) is 11.7 Å². The Morgan fingerprint density at radius 1 is 1.67 bits per heavy atom. The summed E-state index contributed by atoms with van der Waals surface area (Å²) in [5.74, 6) is -1.51. The first-order chi connectivity index (χ1) is 6.93. The number of carboxylic acid groups (broad SMARTS) is 1. The molecule has 2 fully saturated rings. The Kier molecular flexibility index (Phi) is 2.22. The number of carbonyl (C=O) groups is 2. The predicted octanol–water partition coefficient (Wildman–Crippen LogP) is -0.765. The van der Waals surface area contributed by atoms with E-state index in [0.29, 0.717) is 6.42 Å². The molecule has 0 saturated carbocycles. The Morgan fingerprint density at radius 3 is 2.93 bits per heavy atom. The fraction of sp³-hybridized carbons (Fsp3) is 0.800. The van der Waals surface area contributed by atoms with Crippen LogP contribution >= 0.6 is 0 Å². The number of hydrogen-bond acceptors (Lipinski definition) is 5. The summed E-state index contributed by atoms with van der Waals surface area (Å²) in [6.07, 6.45) is -0.661. The van der Waals surface area contributed by atoms with Crippen molar-refractivity contribution >= 4 is 11.9 Å². The molecule has 0 radical (unpaired) electrons. The molecule has 0 aromatic rings. The van der Waals surface area contributed by atoms with Crippen LogP contribution in [0.2, 0.25) is 0 Å². The summed E-state index contributed by atoms with van der Waals surface area (Å²) in [6, 6.07) is 0. The van der Waals surface area contributed by atoms with Gasteiger partial charge < -0.3 is 19.4 Å². The van der Waals surface area contributed by atoms with E-state index in [0.717, 1.165) is 0 Å². The predicted molar refractivity (Wildman–Crippen MR) is 46.6 cm³/mol. The lowest BCUT2D eigenvalue weighted by Crippen LogP contribution is -2.43. The molecule has 2 heterocycles. The molecule has 0 aromatic carbocycles. The van der Waals surface area contributed by atoms with Crippen LogP contribution < -0.4 is 5.11 Å². The molecule has 5 heteroatoms. The fourth-order valence-corrected chi connectivity index (χ4v) is 2.57. The lowest BCUT2D eigenvalue weighted by atomic mass is 9.83. The SMILES string of the molecule is CC1OC(CC(=O)[O-])C2(C)OC(=O)CC12. The van der Waals surface area contributed by atoms with Crippen LogP contribution in [0.1, 0.15) is 26.7 Å². The number of ether oxygens (including phenoxy) is 2. The highest BCUT2D eigenvalue weighted by molar-refractivity contribution is 5.74. The van der Waals surface area contributed by atoms with E-state index in [1.165, 1.54) is 0 Å². The van der Waals surface area contributed by atoms with Gasteiger partial charge in [0, 0.05) is 18.3 Å². The molecule has 0 amide bonds. The number of carbonyl (C=O) groups excluding carboxylic acids is 2. The zero-order valence-electron chi connectivity index (χ0n) is 8.69. The minimum atomic E-state index is -1.18. The molecule has 4 atom stereocenters. The van der Waals surface area contributed by atoms with Gasteiger partial charge in [-0.15, -0.1) is 0 Å². The van der Waals surface area contributed by atoms with E-state index < -0.39 is 17.7 Å². The number of hydrogen-bond donors (Lipinski definition) is 0. The third-order valence-corrected chi connectivity index (χ3v) is 3.39. The number of esters is 1. The van der Waals surface area contributed by atoms with Crippen molar-refractivity contribution in [3.63, 3.8) is 0 Å². The Bertz CT molecular complexity index is 313. The summed E-state index contributed by atoms with van der Waals surface area (Å²) < 4.78 is 10.7. The summed E-state index contributed by atoms with van der Waals surface area (Å²) in [7, 11) is 0. The van der Waals surface area contributed by atoms with Gasteiger partial charge >= 0.3 is 5.97 Å². The van der Waals surface area contributed by atoms with Crippen molar-refractivity contribution in [3.05, 3.63) is 0 Å². The van der Waals surface area contributed by atoms with E-state index in [-0.39, 0.29) is 24.4 Å². The summed E-state index contributed by atoms with van der Waals surface area (Å²) >= 11 is 0. The van der Waals surface area contributed by atoms with E-state index in [1.54, 1.807) is 6.92 Å². The van der Waals surface area contributed by atoms with Crippen molar-refractivity contribution in [1.29, 1.82) is 0 Å². The smallest absolute Gasteiger partial charge is 0.306 e. The van der Waals surface area contributed by atoms with E-state index in [1.807, 2.05) is 6.92 Å². The largest absolute Gasteiger partial charge is 0.550 e. The summed E-state index contributed by atoms with van der Waals surface area (Å²) in [5.41, 5.74) is -0.795. The zero-order valence-corrected chi connectivity index (χ0v) is 8.69. The third-order valence-electron chi connectivity index (χ3n) is 3.39. The first kappa shape index (κ1) is 10.4. The second kappa shape index (κ2) is 3.20. The molecule has 2 saturated heterocycles. The maximum Gasteiger partial charge on any atom is 0.306 e. The van der Waals surface area contributed by atoms with Crippen molar-refractivity contribution < 1.29 is 24.2 Å². The topological polar surface area (TPSA) is 75.7 Å². The highest BCUT2D eigenvalue weighted by atomic mass is 16.6. The monoisotopic (exact) mass is 213 g/mol. The standard InChI is InChI=1S/C10H14O5/c1-5-6-3-9(13)15-10(6,2)7(14-5)4-8(11)12/h5-7H,3-4H2,1-2H3,(H,11,12)/p-1. The maximum absolute atomic E-state index is 11.2. The van der Waals surface area contributed by atoms with Crippen LogP contribution in [0, 0.1) is 5.92 Å². The highest BCUT2D eigenvalue weighted by Gasteiger charge is 2.59. The van der Waals surface area contributed by atoms with Gasteiger partial charge in [-0.3, -0.25) is 4.79 Å². The van der Waals surface area contributed by atoms with Gasteiger partial charge in [0.05, 0.1) is 12.5 Å². The van der Waals surface area contributed by atoms with Crippen molar-refractivity contribution in [2.75, 3.05) is 0 Å². The molecular formula is C10H13O5-. The molecule has 4 unspecified atom stereocenters. The van der Waals surface area contributed by atoms with Gasteiger partial charge in [-0.05, 0) is 13.8 Å². The second-order valence-corrected chi connectivity index (χ2v) is 4.37. The summed E-state index contributed by atoms with van der Waals surface area (Å²) in [5, 5.41) is 10.5. The van der Waals surface area contributed by atoms with Crippen LogP contribution in [0.3, 0.4) is 0 Å². The third kappa shape index (κ3) is 1.51. The van der Waals surface area contributed by atoms with Gasteiger partial charge in [-0.1, -0.05) is 0 Å². The molecule has 2 aliphatic heterocycles. The molecule has 0 bridgehead atoms. The van der Waals surface area contributed by atoms with E-state index in [2.05, 4.69) is 0 Å².